The predicted molar refractivity (Wildman–Crippen MR) is 41.0 cm³/mol. The van der Waals surface area contributed by atoms with Crippen LogP contribution in [0.25, 0.3) is 0 Å². The standard InChI is InChI=1S/C6H10.C2H6/c1-3-5-6-4-2;1-2/h3-6H,1-2H3;1-2H3/b5-3-,6-4-;. The summed E-state index contributed by atoms with van der Waals surface area (Å²) < 4.78 is 0. The van der Waals surface area contributed by atoms with Crippen LogP contribution in [0.3, 0.4) is 0 Å². The summed E-state index contributed by atoms with van der Waals surface area (Å²) in [6.07, 6.45) is 8.00. The zero-order valence-electron chi connectivity index (χ0n) is 6.31. The van der Waals surface area contributed by atoms with Crippen molar-refractivity contribution < 1.29 is 0 Å². The van der Waals surface area contributed by atoms with Crippen molar-refractivity contribution in [3.05, 3.63) is 24.3 Å². The highest BCUT2D eigenvalue weighted by Gasteiger charge is 1.48. The van der Waals surface area contributed by atoms with Gasteiger partial charge in [-0.25, -0.2) is 0 Å². The molecule has 0 aliphatic heterocycles. The van der Waals surface area contributed by atoms with Crippen molar-refractivity contribution in [3.8, 4) is 0 Å². The minimum Gasteiger partial charge on any atom is -0.0877 e. The van der Waals surface area contributed by atoms with Gasteiger partial charge in [0.25, 0.3) is 0 Å². The molecule has 0 heterocycles. The Bertz CT molecular complexity index is 48.4. The van der Waals surface area contributed by atoms with E-state index in [2.05, 4.69) is 0 Å². The molecule has 0 aromatic heterocycles. The molecule has 0 aliphatic rings. The SMILES string of the molecule is C/C=C\C=C/C.CC. The van der Waals surface area contributed by atoms with E-state index in [1.807, 2.05) is 52.0 Å². The topological polar surface area (TPSA) is 0 Å². The Morgan fingerprint density at radius 1 is 0.750 bits per heavy atom. The van der Waals surface area contributed by atoms with E-state index in [0.29, 0.717) is 0 Å². The Kier molecular flexibility index (Phi) is 21.0. The van der Waals surface area contributed by atoms with Crippen molar-refractivity contribution in [3.63, 3.8) is 0 Å². The van der Waals surface area contributed by atoms with Crippen LogP contribution >= 0.6 is 0 Å². The Balaban J connectivity index is 0. The van der Waals surface area contributed by atoms with Crippen LogP contribution in [0.15, 0.2) is 24.3 Å². The molecule has 0 rings (SSSR count). The fraction of sp³-hybridized carbons (Fsp3) is 0.500. The van der Waals surface area contributed by atoms with Crippen LogP contribution in [0.5, 0.6) is 0 Å². The van der Waals surface area contributed by atoms with E-state index in [1.54, 1.807) is 0 Å². The monoisotopic (exact) mass is 112 g/mol. The average molecular weight is 112 g/mol. The smallest absolute Gasteiger partial charge is 0.0467 e. The van der Waals surface area contributed by atoms with E-state index in [-0.39, 0.29) is 0 Å². The van der Waals surface area contributed by atoms with Crippen molar-refractivity contribution in [2.75, 3.05) is 0 Å². The maximum atomic E-state index is 2.00. The molecular formula is C8H16. The molecular weight excluding hydrogens is 96.1 g/mol. The lowest BCUT2D eigenvalue weighted by molar-refractivity contribution is 1.50. The van der Waals surface area contributed by atoms with Gasteiger partial charge in [0.05, 0.1) is 0 Å². The minimum atomic E-state index is 2.00. The summed E-state index contributed by atoms with van der Waals surface area (Å²) in [6.45, 7) is 8.00. The lowest BCUT2D eigenvalue weighted by atomic mass is 10.5. The molecule has 0 spiro atoms. The van der Waals surface area contributed by atoms with Crippen LogP contribution in [0.2, 0.25) is 0 Å². The second-order valence-electron chi connectivity index (χ2n) is 1.05. The second-order valence-corrected chi connectivity index (χ2v) is 1.05. The number of hydrogen-bond donors (Lipinski definition) is 0. The minimum absolute atomic E-state index is 2.00. The van der Waals surface area contributed by atoms with Gasteiger partial charge in [0.2, 0.25) is 0 Å². The molecule has 8 heavy (non-hydrogen) atoms. The third kappa shape index (κ3) is 17.9. The lowest BCUT2D eigenvalue weighted by Gasteiger charge is -1.62. The van der Waals surface area contributed by atoms with Crippen LogP contribution in [-0.2, 0) is 0 Å². The van der Waals surface area contributed by atoms with Crippen LogP contribution in [0.4, 0.5) is 0 Å². The molecule has 0 saturated carbocycles. The number of allylic oxidation sites excluding steroid dienone is 4. The molecule has 0 amide bonds. The first-order chi connectivity index (χ1) is 3.91. The molecule has 0 fully saturated rings. The summed E-state index contributed by atoms with van der Waals surface area (Å²) in [5.74, 6) is 0. The van der Waals surface area contributed by atoms with Crippen molar-refractivity contribution in [1.29, 1.82) is 0 Å². The molecule has 0 nitrogen and oxygen atoms in total. The molecule has 0 unspecified atom stereocenters. The quantitative estimate of drug-likeness (QED) is 0.457. The van der Waals surface area contributed by atoms with E-state index in [9.17, 15) is 0 Å². The van der Waals surface area contributed by atoms with Crippen LogP contribution in [0, 0.1) is 0 Å². The van der Waals surface area contributed by atoms with E-state index < -0.39 is 0 Å². The zero-order chi connectivity index (χ0) is 6.83. The van der Waals surface area contributed by atoms with Gasteiger partial charge in [-0.3, -0.25) is 0 Å². The predicted octanol–water partition coefficient (Wildman–Crippen LogP) is 3.16. The highest BCUT2D eigenvalue weighted by atomic mass is 13.6. The highest BCUT2D eigenvalue weighted by Crippen LogP contribution is 1.71. The zero-order valence-corrected chi connectivity index (χ0v) is 6.31. The average Bonchev–Trinajstić information content (AvgIpc) is 1.88. The molecule has 0 bridgehead atoms. The number of hydrogen-bond acceptors (Lipinski definition) is 0. The third-order valence-electron chi connectivity index (χ3n) is 0.496. The molecule has 48 valence electrons. The first-order valence-electron chi connectivity index (χ1n) is 3.15. The fourth-order valence-corrected chi connectivity index (χ4v) is 0.222. The van der Waals surface area contributed by atoms with E-state index in [0.717, 1.165) is 0 Å². The van der Waals surface area contributed by atoms with Crippen molar-refractivity contribution in [2.45, 2.75) is 27.7 Å². The molecule has 0 N–H and O–H groups in total. The molecule has 0 saturated heterocycles. The second kappa shape index (κ2) is 16.1. The lowest BCUT2D eigenvalue weighted by Crippen LogP contribution is -1.40. The van der Waals surface area contributed by atoms with Crippen LogP contribution in [0.1, 0.15) is 27.7 Å². The largest absolute Gasteiger partial charge is 0.0877 e. The Morgan fingerprint density at radius 3 is 1.12 bits per heavy atom. The summed E-state index contributed by atoms with van der Waals surface area (Å²) in [7, 11) is 0. The molecule has 0 aromatic rings. The van der Waals surface area contributed by atoms with Gasteiger partial charge < -0.3 is 0 Å². The van der Waals surface area contributed by atoms with E-state index in [4.69, 9.17) is 0 Å². The fourth-order valence-electron chi connectivity index (χ4n) is 0.222. The normalized spacial score (nSPS) is 9.50. The van der Waals surface area contributed by atoms with Gasteiger partial charge in [-0.1, -0.05) is 38.2 Å². The first-order valence-corrected chi connectivity index (χ1v) is 3.15. The number of rotatable bonds is 1. The van der Waals surface area contributed by atoms with Crippen molar-refractivity contribution in [2.24, 2.45) is 0 Å². The summed E-state index contributed by atoms with van der Waals surface area (Å²) in [6, 6.07) is 0. The maximum absolute atomic E-state index is 2.00. The molecule has 0 aliphatic carbocycles. The van der Waals surface area contributed by atoms with Gasteiger partial charge in [0.15, 0.2) is 0 Å². The summed E-state index contributed by atoms with van der Waals surface area (Å²) in [5.41, 5.74) is 0. The molecule has 0 heteroatoms. The Morgan fingerprint density at radius 2 is 1.00 bits per heavy atom. The van der Waals surface area contributed by atoms with E-state index >= 15 is 0 Å². The third-order valence-corrected chi connectivity index (χ3v) is 0.496. The summed E-state index contributed by atoms with van der Waals surface area (Å²) in [4.78, 5) is 0. The van der Waals surface area contributed by atoms with Gasteiger partial charge >= 0.3 is 0 Å². The van der Waals surface area contributed by atoms with Gasteiger partial charge in [-0.15, -0.1) is 0 Å². The van der Waals surface area contributed by atoms with Gasteiger partial charge in [0, 0.05) is 0 Å². The first kappa shape index (κ1) is 10.5. The van der Waals surface area contributed by atoms with Crippen LogP contribution in [-0.4, -0.2) is 0 Å². The molecule has 0 aromatic carbocycles. The summed E-state index contributed by atoms with van der Waals surface area (Å²) >= 11 is 0. The van der Waals surface area contributed by atoms with Crippen molar-refractivity contribution in [1.82, 2.24) is 0 Å². The molecule has 0 atom stereocenters. The van der Waals surface area contributed by atoms with Gasteiger partial charge in [-0.2, -0.15) is 0 Å². The summed E-state index contributed by atoms with van der Waals surface area (Å²) in [5, 5.41) is 0. The molecule has 0 radical (unpaired) electrons. The van der Waals surface area contributed by atoms with Gasteiger partial charge in [-0.05, 0) is 13.8 Å². The van der Waals surface area contributed by atoms with E-state index in [1.165, 1.54) is 0 Å². The van der Waals surface area contributed by atoms with Gasteiger partial charge in [0.1, 0.15) is 0 Å². The Hall–Kier alpha value is -0.520. The highest BCUT2D eigenvalue weighted by molar-refractivity contribution is 4.98. The van der Waals surface area contributed by atoms with Crippen LogP contribution < -0.4 is 0 Å². The maximum Gasteiger partial charge on any atom is -0.0467 e. The Labute approximate surface area is 52.9 Å². The van der Waals surface area contributed by atoms with Crippen molar-refractivity contribution >= 4 is 0 Å².